The van der Waals surface area contributed by atoms with Crippen LogP contribution in [0.15, 0.2) is 0 Å². The molecule has 0 amide bonds. The van der Waals surface area contributed by atoms with Gasteiger partial charge in [0.25, 0.3) is 0 Å². The van der Waals surface area contributed by atoms with Crippen LogP contribution in [-0.4, -0.2) is 37.9 Å². The lowest BCUT2D eigenvalue weighted by atomic mass is 9.88. The maximum Gasteiger partial charge on any atom is 0.313 e. The number of nitrogens with one attached hydrogen (secondary N) is 1. The molecular weight excluding hydrogens is 242 g/mol. The third-order valence-electron chi connectivity index (χ3n) is 4.34. The molecule has 4 atom stereocenters. The Balaban J connectivity index is 1.84. The second kappa shape index (κ2) is 7.25. The summed E-state index contributed by atoms with van der Waals surface area (Å²) in [7, 11) is 0. The molecule has 0 bridgehead atoms. The van der Waals surface area contributed by atoms with Crippen molar-refractivity contribution in [3.8, 4) is 0 Å². The van der Waals surface area contributed by atoms with Crippen molar-refractivity contribution in [3.63, 3.8) is 0 Å². The number of carbonyl (C=O) groups excluding carboxylic acids is 1. The molecule has 1 aliphatic heterocycles. The normalized spacial score (nSPS) is 35.3. The quantitative estimate of drug-likeness (QED) is 0.777. The zero-order valence-corrected chi connectivity index (χ0v) is 12.2. The van der Waals surface area contributed by atoms with Crippen LogP contribution in [0.1, 0.15) is 46.0 Å². The number of esters is 1. The lowest BCUT2D eigenvalue weighted by Gasteiger charge is -2.30. The van der Waals surface area contributed by atoms with Gasteiger partial charge in [0.2, 0.25) is 0 Å². The zero-order chi connectivity index (χ0) is 13.7. The Kier molecular flexibility index (Phi) is 5.64. The fourth-order valence-corrected chi connectivity index (χ4v) is 3.01. The summed E-state index contributed by atoms with van der Waals surface area (Å²) < 4.78 is 11.2. The van der Waals surface area contributed by atoms with Crippen LogP contribution < -0.4 is 5.32 Å². The minimum atomic E-state index is -0.124. The van der Waals surface area contributed by atoms with Crippen LogP contribution in [-0.2, 0) is 14.3 Å². The van der Waals surface area contributed by atoms with E-state index >= 15 is 0 Å². The molecular formula is C15H27NO3. The van der Waals surface area contributed by atoms with E-state index in [0.717, 1.165) is 19.4 Å². The van der Waals surface area contributed by atoms with Crippen LogP contribution in [0.5, 0.6) is 0 Å². The van der Waals surface area contributed by atoms with Gasteiger partial charge in [-0.3, -0.25) is 4.79 Å². The van der Waals surface area contributed by atoms with Crippen LogP contribution in [0.4, 0.5) is 0 Å². The molecule has 0 aromatic heterocycles. The maximum absolute atomic E-state index is 12.3. The summed E-state index contributed by atoms with van der Waals surface area (Å²) in [5.41, 5.74) is 0. The lowest BCUT2D eigenvalue weighted by Crippen LogP contribution is -2.42. The Morgan fingerprint density at radius 2 is 2.11 bits per heavy atom. The molecule has 2 rings (SSSR count). The van der Waals surface area contributed by atoms with E-state index in [1.807, 2.05) is 0 Å². The van der Waals surface area contributed by atoms with Gasteiger partial charge >= 0.3 is 5.97 Å². The predicted molar refractivity (Wildman–Crippen MR) is 73.9 cm³/mol. The molecule has 110 valence electrons. The van der Waals surface area contributed by atoms with Crippen LogP contribution in [0.25, 0.3) is 0 Å². The summed E-state index contributed by atoms with van der Waals surface area (Å²) in [5.74, 6) is 0.313. The van der Waals surface area contributed by atoms with Gasteiger partial charge in [0.1, 0.15) is 6.10 Å². The van der Waals surface area contributed by atoms with E-state index in [9.17, 15) is 4.79 Å². The average molecular weight is 269 g/mol. The Bertz CT molecular complexity index is 295. The lowest BCUT2D eigenvalue weighted by molar-refractivity contribution is -0.158. The highest BCUT2D eigenvalue weighted by molar-refractivity contribution is 5.74. The van der Waals surface area contributed by atoms with E-state index in [1.54, 1.807) is 0 Å². The Morgan fingerprint density at radius 3 is 2.84 bits per heavy atom. The highest BCUT2D eigenvalue weighted by Crippen LogP contribution is 2.28. The third kappa shape index (κ3) is 3.93. The van der Waals surface area contributed by atoms with Crippen LogP contribution in [0.2, 0.25) is 0 Å². The molecule has 4 heteroatoms. The Hall–Kier alpha value is -0.610. The minimum absolute atomic E-state index is 0.0650. The first-order chi connectivity index (χ1) is 9.22. The van der Waals surface area contributed by atoms with E-state index in [-0.39, 0.29) is 24.0 Å². The smallest absolute Gasteiger partial charge is 0.313 e. The Morgan fingerprint density at radius 1 is 1.32 bits per heavy atom. The fraction of sp³-hybridized carbons (Fsp3) is 0.933. The van der Waals surface area contributed by atoms with Crippen molar-refractivity contribution in [1.29, 1.82) is 0 Å². The molecule has 2 fully saturated rings. The molecule has 0 spiro atoms. The first kappa shape index (κ1) is 14.8. The number of hydrogen-bond acceptors (Lipinski definition) is 4. The van der Waals surface area contributed by atoms with Crippen molar-refractivity contribution in [3.05, 3.63) is 0 Å². The van der Waals surface area contributed by atoms with Gasteiger partial charge in [-0.15, -0.1) is 0 Å². The first-order valence-electron chi connectivity index (χ1n) is 7.74. The fourth-order valence-electron chi connectivity index (χ4n) is 3.01. The highest BCUT2D eigenvalue weighted by atomic mass is 16.6. The van der Waals surface area contributed by atoms with Gasteiger partial charge < -0.3 is 14.8 Å². The highest BCUT2D eigenvalue weighted by Gasteiger charge is 2.37. The first-order valence-corrected chi connectivity index (χ1v) is 7.74. The number of ether oxygens (including phenoxy) is 2. The van der Waals surface area contributed by atoms with Crippen molar-refractivity contribution >= 4 is 5.97 Å². The summed E-state index contributed by atoms with van der Waals surface area (Å²) in [6, 6.07) is 0.131. The maximum atomic E-state index is 12.3. The molecule has 1 saturated carbocycles. The number of hydrogen-bond donors (Lipinski definition) is 1. The summed E-state index contributed by atoms with van der Waals surface area (Å²) in [6.07, 6.45) is 5.83. The van der Waals surface area contributed by atoms with Gasteiger partial charge in [-0.1, -0.05) is 20.3 Å². The van der Waals surface area contributed by atoms with E-state index in [4.69, 9.17) is 9.47 Å². The van der Waals surface area contributed by atoms with E-state index in [0.29, 0.717) is 19.1 Å². The monoisotopic (exact) mass is 269 g/mol. The van der Waals surface area contributed by atoms with Crippen molar-refractivity contribution < 1.29 is 14.3 Å². The number of rotatable bonds is 5. The molecule has 1 N–H and O–H groups in total. The van der Waals surface area contributed by atoms with E-state index in [1.165, 1.54) is 19.3 Å². The topological polar surface area (TPSA) is 47.6 Å². The third-order valence-corrected chi connectivity index (χ3v) is 4.34. The van der Waals surface area contributed by atoms with Crippen molar-refractivity contribution in [1.82, 2.24) is 5.32 Å². The van der Waals surface area contributed by atoms with Gasteiger partial charge in [-0.25, -0.2) is 0 Å². The summed E-state index contributed by atoms with van der Waals surface area (Å²) >= 11 is 0. The summed E-state index contributed by atoms with van der Waals surface area (Å²) in [6.45, 7) is 6.37. The molecule has 19 heavy (non-hydrogen) atoms. The second-order valence-electron chi connectivity index (χ2n) is 5.94. The average Bonchev–Trinajstić information content (AvgIpc) is 2.87. The molecule has 0 aromatic carbocycles. The Labute approximate surface area is 116 Å². The van der Waals surface area contributed by atoms with E-state index < -0.39 is 0 Å². The SMILES string of the molecule is CCCNC1COCC1C(=O)OC1CCCCC1C. The zero-order valence-electron chi connectivity index (χ0n) is 12.2. The molecule has 1 saturated heterocycles. The van der Waals surface area contributed by atoms with Crippen molar-refractivity contribution in [2.24, 2.45) is 11.8 Å². The minimum Gasteiger partial charge on any atom is -0.462 e. The van der Waals surface area contributed by atoms with Gasteiger partial charge in [-0.2, -0.15) is 0 Å². The molecule has 2 aliphatic rings. The van der Waals surface area contributed by atoms with Gasteiger partial charge in [0.05, 0.1) is 19.1 Å². The predicted octanol–water partition coefficient (Wildman–Crippen LogP) is 2.12. The molecule has 0 aromatic rings. The molecule has 1 heterocycles. The number of carbonyl (C=O) groups is 1. The second-order valence-corrected chi connectivity index (χ2v) is 5.94. The molecule has 0 radical (unpaired) electrons. The van der Waals surface area contributed by atoms with Crippen molar-refractivity contribution in [2.75, 3.05) is 19.8 Å². The van der Waals surface area contributed by atoms with Gasteiger partial charge in [0, 0.05) is 6.04 Å². The summed E-state index contributed by atoms with van der Waals surface area (Å²) in [5, 5.41) is 3.38. The molecule has 4 unspecified atom stereocenters. The standard InChI is InChI=1S/C15H27NO3/c1-3-8-16-13-10-18-9-12(13)15(17)19-14-7-5-4-6-11(14)2/h11-14,16H,3-10H2,1-2H3. The molecule has 1 aliphatic carbocycles. The van der Waals surface area contributed by atoms with Crippen molar-refractivity contribution in [2.45, 2.75) is 58.1 Å². The van der Waals surface area contributed by atoms with Gasteiger partial charge in [-0.05, 0) is 38.1 Å². The molecule has 4 nitrogen and oxygen atoms in total. The van der Waals surface area contributed by atoms with Gasteiger partial charge in [0.15, 0.2) is 0 Å². The largest absolute Gasteiger partial charge is 0.462 e. The van der Waals surface area contributed by atoms with Crippen LogP contribution >= 0.6 is 0 Å². The van der Waals surface area contributed by atoms with Crippen LogP contribution in [0, 0.1) is 11.8 Å². The van der Waals surface area contributed by atoms with Crippen LogP contribution in [0.3, 0.4) is 0 Å². The van der Waals surface area contributed by atoms with E-state index in [2.05, 4.69) is 19.2 Å². The summed E-state index contributed by atoms with van der Waals surface area (Å²) in [4.78, 5) is 12.3.